The molecular weight excluding hydrogens is 519 g/mol. The van der Waals surface area contributed by atoms with E-state index in [-0.39, 0.29) is 48.0 Å². The van der Waals surface area contributed by atoms with Crippen LogP contribution in [0.15, 0.2) is 18.7 Å². The van der Waals surface area contributed by atoms with E-state index in [0.717, 1.165) is 0 Å². The largest absolute Gasteiger partial charge is 0.479 e. The molecule has 1 saturated carbocycles. The van der Waals surface area contributed by atoms with Crippen LogP contribution >= 0.6 is 11.6 Å². The molecule has 194 valence electrons. The number of sulfonamides is 1. The van der Waals surface area contributed by atoms with Gasteiger partial charge in [-0.3, -0.25) is 9.29 Å². The maximum absolute atomic E-state index is 13.7. The Hall–Kier alpha value is -3.17. The molecule has 36 heavy (non-hydrogen) atoms. The molecule has 0 aromatic carbocycles. The zero-order chi connectivity index (χ0) is 26.0. The molecule has 0 unspecified atom stereocenters. The smallest absolute Gasteiger partial charge is 0.245 e. The van der Waals surface area contributed by atoms with Crippen LogP contribution in [-0.4, -0.2) is 75.9 Å². The maximum Gasteiger partial charge on any atom is 0.245 e. The summed E-state index contributed by atoms with van der Waals surface area (Å²) in [6.07, 6.45) is 2.31. The normalized spacial score (nSPS) is 19.3. The van der Waals surface area contributed by atoms with E-state index >= 15 is 0 Å². The third-order valence-corrected chi connectivity index (χ3v) is 7.69. The highest BCUT2D eigenvalue weighted by Gasteiger charge is 2.39. The second-order valence-electron chi connectivity index (χ2n) is 7.99. The second-order valence-corrected chi connectivity index (χ2v) is 10.5. The van der Waals surface area contributed by atoms with Crippen LogP contribution in [0.25, 0.3) is 5.69 Å². The molecule has 0 radical (unpaired) electrons. The monoisotopic (exact) mass is 542 g/mol. The molecule has 0 saturated heterocycles. The number of rotatable bonds is 10. The number of anilines is 1. The average molecular weight is 543 g/mol. The number of methoxy groups -OCH3 is 3. The summed E-state index contributed by atoms with van der Waals surface area (Å²) in [5.41, 5.74) is 0.166. The molecule has 3 aromatic rings. The summed E-state index contributed by atoms with van der Waals surface area (Å²) in [7, 11) is -0.0560. The molecule has 0 spiro atoms. The van der Waals surface area contributed by atoms with Crippen LogP contribution in [0.2, 0.25) is 5.02 Å². The molecule has 13 nitrogen and oxygen atoms in total. The first kappa shape index (κ1) is 25.9. The molecule has 0 bridgehead atoms. The van der Waals surface area contributed by atoms with Gasteiger partial charge < -0.3 is 14.2 Å². The van der Waals surface area contributed by atoms with Gasteiger partial charge in [0.25, 0.3) is 0 Å². The van der Waals surface area contributed by atoms with Gasteiger partial charge in [0.15, 0.2) is 11.5 Å². The molecular formula is C20H24ClFN8O5S. The third kappa shape index (κ3) is 4.90. The lowest BCUT2D eigenvalue weighted by Gasteiger charge is -2.29. The predicted molar refractivity (Wildman–Crippen MR) is 126 cm³/mol. The van der Waals surface area contributed by atoms with E-state index in [2.05, 4.69) is 34.9 Å². The van der Waals surface area contributed by atoms with Gasteiger partial charge in [0, 0.05) is 25.4 Å². The number of ether oxygens (including phenoxy) is 3. The van der Waals surface area contributed by atoms with Gasteiger partial charge in [0.2, 0.25) is 27.7 Å². The fraction of sp³-hybridized carbons (Fsp3) is 0.500. The molecule has 1 fully saturated rings. The van der Waals surface area contributed by atoms with Crippen molar-refractivity contribution in [3.05, 3.63) is 35.4 Å². The minimum Gasteiger partial charge on any atom is -0.479 e. The van der Waals surface area contributed by atoms with Crippen molar-refractivity contribution in [3.63, 3.8) is 0 Å². The maximum atomic E-state index is 13.7. The summed E-state index contributed by atoms with van der Waals surface area (Å²) in [4.78, 5) is 16.3. The minimum atomic E-state index is -4.17. The van der Waals surface area contributed by atoms with Crippen LogP contribution in [0.4, 0.5) is 10.3 Å². The number of alkyl halides is 1. The zero-order valence-electron chi connectivity index (χ0n) is 19.8. The average Bonchev–Trinajstić information content (AvgIpc) is 3.24. The van der Waals surface area contributed by atoms with Gasteiger partial charge >= 0.3 is 0 Å². The summed E-state index contributed by atoms with van der Waals surface area (Å²) in [6, 6.07) is 0. The molecule has 1 aliphatic carbocycles. The van der Waals surface area contributed by atoms with E-state index < -0.39 is 27.5 Å². The number of halogens is 2. The first-order valence-electron chi connectivity index (χ1n) is 10.7. The number of nitrogens with zero attached hydrogens (tertiary/aromatic N) is 7. The SMILES string of the molecule is COc1ncnc(OC)c1-n1c(NS(=O)(=O)[C@@H](C)[C@H](OC)c2ncc(Cl)cn2)nnc1C1CC(F)C1. The molecule has 4 rings (SSSR count). The van der Waals surface area contributed by atoms with Gasteiger partial charge in [-0.2, -0.15) is 9.97 Å². The van der Waals surface area contributed by atoms with Crippen molar-refractivity contribution in [2.45, 2.75) is 43.2 Å². The third-order valence-electron chi connectivity index (χ3n) is 5.80. The van der Waals surface area contributed by atoms with Crippen LogP contribution in [0.3, 0.4) is 0 Å². The zero-order valence-corrected chi connectivity index (χ0v) is 21.4. The number of aromatic nitrogens is 7. The summed E-state index contributed by atoms with van der Waals surface area (Å²) in [5.74, 6) is 0.105. The standard InChI is InChI=1S/C20H24ClFN8O5S/c1-10(15(33-2)16-23-7-12(21)8-24-16)36(31,32)29-20-28-27-17(11-5-13(22)6-11)30(20)14-18(34-3)25-9-26-19(14)35-4/h7-11,13,15H,5-6H2,1-4H3,(H,28,29)/t10-,11?,13?,15-/m0/s1. The van der Waals surface area contributed by atoms with Crippen molar-refractivity contribution < 1.29 is 27.0 Å². The Balaban J connectivity index is 1.76. The van der Waals surface area contributed by atoms with Crippen molar-refractivity contribution in [1.82, 2.24) is 34.7 Å². The predicted octanol–water partition coefficient (Wildman–Crippen LogP) is 2.25. The van der Waals surface area contributed by atoms with Crippen LogP contribution in [0, 0.1) is 0 Å². The molecule has 2 atom stereocenters. The lowest BCUT2D eigenvalue weighted by molar-refractivity contribution is 0.0950. The van der Waals surface area contributed by atoms with E-state index in [1.807, 2.05) is 0 Å². The summed E-state index contributed by atoms with van der Waals surface area (Å²) >= 11 is 5.85. The Morgan fingerprint density at radius 2 is 1.69 bits per heavy atom. The molecule has 1 aliphatic rings. The fourth-order valence-electron chi connectivity index (χ4n) is 3.80. The van der Waals surface area contributed by atoms with E-state index in [1.165, 1.54) is 51.5 Å². The van der Waals surface area contributed by atoms with Gasteiger partial charge in [-0.25, -0.2) is 22.8 Å². The van der Waals surface area contributed by atoms with E-state index in [0.29, 0.717) is 10.8 Å². The highest BCUT2D eigenvalue weighted by atomic mass is 35.5. The van der Waals surface area contributed by atoms with Crippen LogP contribution in [-0.2, 0) is 14.8 Å². The van der Waals surface area contributed by atoms with E-state index in [1.54, 1.807) is 0 Å². The molecule has 0 amide bonds. The lowest BCUT2D eigenvalue weighted by Crippen LogP contribution is -2.33. The number of nitrogens with one attached hydrogen (secondary N) is 1. The van der Waals surface area contributed by atoms with Gasteiger partial charge in [-0.05, 0) is 19.8 Å². The Morgan fingerprint density at radius 3 is 2.22 bits per heavy atom. The molecule has 16 heteroatoms. The lowest BCUT2D eigenvalue weighted by atomic mass is 9.83. The fourth-order valence-corrected chi connectivity index (χ4v) is 5.03. The first-order chi connectivity index (χ1) is 17.2. The summed E-state index contributed by atoms with van der Waals surface area (Å²) < 4.78 is 60.5. The van der Waals surface area contributed by atoms with Crippen molar-refractivity contribution in [2.24, 2.45) is 0 Å². The Bertz CT molecular complexity index is 1300. The molecule has 0 aliphatic heterocycles. The Morgan fingerprint density at radius 1 is 1.08 bits per heavy atom. The molecule has 3 heterocycles. The molecule has 1 N–H and O–H groups in total. The van der Waals surface area contributed by atoms with Crippen molar-refractivity contribution >= 4 is 27.6 Å². The van der Waals surface area contributed by atoms with Gasteiger partial charge in [0.1, 0.15) is 29.7 Å². The number of hydrogen-bond acceptors (Lipinski definition) is 11. The van der Waals surface area contributed by atoms with Gasteiger partial charge in [-0.1, -0.05) is 11.6 Å². The van der Waals surface area contributed by atoms with E-state index in [9.17, 15) is 12.8 Å². The topological polar surface area (TPSA) is 156 Å². The van der Waals surface area contributed by atoms with Crippen LogP contribution in [0.1, 0.15) is 43.4 Å². The first-order valence-corrected chi connectivity index (χ1v) is 12.7. The van der Waals surface area contributed by atoms with Gasteiger partial charge in [0.05, 0.1) is 19.2 Å². The van der Waals surface area contributed by atoms with Crippen LogP contribution in [0.5, 0.6) is 11.8 Å². The highest BCUT2D eigenvalue weighted by molar-refractivity contribution is 7.93. The number of hydrogen-bond donors (Lipinski definition) is 1. The van der Waals surface area contributed by atoms with E-state index in [4.69, 9.17) is 25.8 Å². The summed E-state index contributed by atoms with van der Waals surface area (Å²) in [6.45, 7) is 1.43. The second kappa shape index (κ2) is 10.4. The highest BCUT2D eigenvalue weighted by Crippen LogP contribution is 2.42. The Labute approximate surface area is 211 Å². The van der Waals surface area contributed by atoms with Crippen LogP contribution < -0.4 is 14.2 Å². The van der Waals surface area contributed by atoms with Gasteiger partial charge in [-0.15, -0.1) is 10.2 Å². The van der Waals surface area contributed by atoms with Crippen molar-refractivity contribution in [3.8, 4) is 17.4 Å². The quantitative estimate of drug-likeness (QED) is 0.400. The van der Waals surface area contributed by atoms with Crippen molar-refractivity contribution in [2.75, 3.05) is 26.1 Å². The minimum absolute atomic E-state index is 0.0804. The Kier molecular flexibility index (Phi) is 7.51. The van der Waals surface area contributed by atoms with Crippen molar-refractivity contribution in [1.29, 1.82) is 0 Å². The molecule has 3 aromatic heterocycles. The summed E-state index contributed by atoms with van der Waals surface area (Å²) in [5, 5.41) is 7.33.